The fraction of sp³-hybridized carbons (Fsp3) is 0.435. The van der Waals surface area contributed by atoms with Gasteiger partial charge >= 0.3 is 5.97 Å². The summed E-state index contributed by atoms with van der Waals surface area (Å²) in [5, 5.41) is 9.34. The third-order valence-corrected chi connectivity index (χ3v) is 4.76. The van der Waals surface area contributed by atoms with E-state index in [1.54, 1.807) is 18.2 Å². The van der Waals surface area contributed by atoms with E-state index >= 15 is 0 Å². The van der Waals surface area contributed by atoms with Crippen LogP contribution in [0.3, 0.4) is 0 Å². The number of aromatic carboxylic acids is 1. The molecule has 1 heterocycles. The summed E-state index contributed by atoms with van der Waals surface area (Å²) in [7, 11) is 0. The van der Waals surface area contributed by atoms with E-state index in [2.05, 4.69) is 43.0 Å². The molecule has 0 saturated carbocycles. The zero-order chi connectivity index (χ0) is 19.9. The average Bonchev–Trinajstić information content (AvgIpc) is 2.64. The Morgan fingerprint density at radius 1 is 1.11 bits per heavy atom. The quantitative estimate of drug-likeness (QED) is 0.873. The van der Waals surface area contributed by atoms with Gasteiger partial charge in [0.15, 0.2) is 0 Å². The van der Waals surface area contributed by atoms with Crippen molar-refractivity contribution < 1.29 is 19.4 Å². The van der Waals surface area contributed by atoms with Crippen molar-refractivity contribution in [2.24, 2.45) is 5.92 Å². The first-order valence-electron chi connectivity index (χ1n) is 9.88. The lowest BCUT2D eigenvalue weighted by molar-refractivity contribution is 0.0695. The molecule has 0 spiro atoms. The molecule has 2 aromatic carbocycles. The molecule has 0 atom stereocenters. The van der Waals surface area contributed by atoms with Crippen LogP contribution in [0.2, 0.25) is 0 Å². The molecule has 150 valence electrons. The average molecular weight is 383 g/mol. The van der Waals surface area contributed by atoms with Crippen LogP contribution in [0, 0.1) is 5.92 Å². The standard InChI is InChI=1S/C23H29NO4/c1-17(2)15-24-8-9-27-10-11-28-22-7-6-20(23(25)26)14-21(22)13-18-4-3-5-19(12-18)16-24/h3-7,12,14,17H,8-11,13,15-16H2,1-2H3,(H,25,26). The Morgan fingerprint density at radius 2 is 1.93 bits per heavy atom. The highest BCUT2D eigenvalue weighted by molar-refractivity contribution is 5.88. The highest BCUT2D eigenvalue weighted by Gasteiger charge is 2.13. The van der Waals surface area contributed by atoms with Crippen molar-refractivity contribution in [1.82, 2.24) is 4.90 Å². The predicted octanol–water partition coefficient (Wildman–Crippen LogP) is 3.84. The maximum atomic E-state index is 11.4. The van der Waals surface area contributed by atoms with Crippen LogP contribution in [0.4, 0.5) is 0 Å². The molecule has 0 amide bonds. The van der Waals surface area contributed by atoms with E-state index in [9.17, 15) is 9.90 Å². The minimum Gasteiger partial charge on any atom is -0.491 e. The van der Waals surface area contributed by atoms with Crippen molar-refractivity contribution in [3.05, 3.63) is 64.7 Å². The van der Waals surface area contributed by atoms with Gasteiger partial charge < -0.3 is 14.6 Å². The van der Waals surface area contributed by atoms with E-state index in [0.717, 1.165) is 36.5 Å². The molecule has 3 rings (SSSR count). The summed E-state index contributed by atoms with van der Waals surface area (Å²) in [5.74, 6) is 0.382. The number of hydrogen-bond donors (Lipinski definition) is 1. The molecular formula is C23H29NO4. The number of hydrogen-bond acceptors (Lipinski definition) is 4. The SMILES string of the molecule is CC(C)CN1CCOCCOc2ccc(C(=O)O)cc2Cc2cccc(c2)C1. The van der Waals surface area contributed by atoms with Gasteiger partial charge in [-0.3, -0.25) is 4.90 Å². The van der Waals surface area contributed by atoms with E-state index in [-0.39, 0.29) is 5.56 Å². The van der Waals surface area contributed by atoms with Gasteiger partial charge in [-0.1, -0.05) is 38.1 Å². The van der Waals surface area contributed by atoms with Gasteiger partial charge in [0.2, 0.25) is 0 Å². The second-order valence-electron chi connectivity index (χ2n) is 7.71. The summed E-state index contributed by atoms with van der Waals surface area (Å²) >= 11 is 0. The first-order chi connectivity index (χ1) is 13.5. The van der Waals surface area contributed by atoms with Crippen molar-refractivity contribution in [1.29, 1.82) is 0 Å². The number of carbonyl (C=O) groups is 1. The highest BCUT2D eigenvalue weighted by Crippen LogP contribution is 2.24. The summed E-state index contributed by atoms with van der Waals surface area (Å²) < 4.78 is 11.7. The second kappa shape index (κ2) is 9.71. The van der Waals surface area contributed by atoms with Crippen LogP contribution < -0.4 is 4.74 Å². The molecule has 1 aliphatic rings. The van der Waals surface area contributed by atoms with Crippen LogP contribution in [0.5, 0.6) is 5.75 Å². The van der Waals surface area contributed by atoms with Crippen molar-refractivity contribution >= 4 is 5.97 Å². The molecule has 0 unspecified atom stereocenters. The lowest BCUT2D eigenvalue weighted by Crippen LogP contribution is -2.31. The van der Waals surface area contributed by atoms with Crippen LogP contribution in [-0.4, -0.2) is 48.9 Å². The Labute approximate surface area is 166 Å². The summed E-state index contributed by atoms with van der Waals surface area (Å²) in [5.41, 5.74) is 3.57. The van der Waals surface area contributed by atoms with E-state index in [4.69, 9.17) is 9.47 Å². The molecule has 5 heteroatoms. The fourth-order valence-corrected chi connectivity index (χ4v) is 3.57. The van der Waals surface area contributed by atoms with Crippen molar-refractivity contribution in [2.75, 3.05) is 32.9 Å². The van der Waals surface area contributed by atoms with Gasteiger partial charge in [-0.15, -0.1) is 0 Å². The van der Waals surface area contributed by atoms with Crippen molar-refractivity contribution in [2.45, 2.75) is 26.8 Å². The van der Waals surface area contributed by atoms with Crippen LogP contribution in [0.25, 0.3) is 0 Å². The molecular weight excluding hydrogens is 354 g/mol. The smallest absolute Gasteiger partial charge is 0.335 e. The number of rotatable bonds is 3. The number of carboxylic acid groups (broad SMARTS) is 1. The third-order valence-electron chi connectivity index (χ3n) is 4.76. The zero-order valence-corrected chi connectivity index (χ0v) is 16.7. The molecule has 0 radical (unpaired) electrons. The predicted molar refractivity (Wildman–Crippen MR) is 109 cm³/mol. The number of benzene rings is 2. The first-order valence-corrected chi connectivity index (χ1v) is 9.88. The minimum atomic E-state index is -0.927. The third kappa shape index (κ3) is 5.81. The van der Waals surface area contributed by atoms with Crippen LogP contribution in [0.15, 0.2) is 42.5 Å². The molecule has 2 bridgehead atoms. The lowest BCUT2D eigenvalue weighted by Gasteiger charge is -2.25. The van der Waals surface area contributed by atoms with Gasteiger partial charge in [-0.05, 0) is 40.8 Å². The van der Waals surface area contributed by atoms with Gasteiger partial charge in [-0.2, -0.15) is 0 Å². The topological polar surface area (TPSA) is 59.0 Å². The Balaban J connectivity index is 1.90. The van der Waals surface area contributed by atoms with E-state index in [1.807, 2.05) is 0 Å². The molecule has 0 aliphatic carbocycles. The van der Waals surface area contributed by atoms with Gasteiger partial charge in [-0.25, -0.2) is 4.79 Å². The molecule has 1 aliphatic heterocycles. The summed E-state index contributed by atoms with van der Waals surface area (Å²) in [6, 6.07) is 13.6. The fourth-order valence-electron chi connectivity index (χ4n) is 3.57. The first kappa shape index (κ1) is 20.4. The van der Waals surface area contributed by atoms with E-state index < -0.39 is 5.97 Å². The summed E-state index contributed by atoms with van der Waals surface area (Å²) in [6.07, 6.45) is 0.634. The Bertz CT molecular complexity index is 803. The Morgan fingerprint density at radius 3 is 2.71 bits per heavy atom. The normalized spacial score (nSPS) is 16.1. The second-order valence-corrected chi connectivity index (χ2v) is 7.71. The summed E-state index contributed by atoms with van der Waals surface area (Å²) in [4.78, 5) is 13.8. The maximum absolute atomic E-state index is 11.4. The zero-order valence-electron chi connectivity index (χ0n) is 16.7. The molecule has 28 heavy (non-hydrogen) atoms. The largest absolute Gasteiger partial charge is 0.491 e. The number of fused-ring (bicyclic) bond motifs is 3. The molecule has 1 N–H and O–H groups in total. The number of carboxylic acids is 1. The van der Waals surface area contributed by atoms with E-state index in [0.29, 0.717) is 32.2 Å². The maximum Gasteiger partial charge on any atom is 0.335 e. The lowest BCUT2D eigenvalue weighted by atomic mass is 10.00. The summed E-state index contributed by atoms with van der Waals surface area (Å²) in [6.45, 7) is 8.88. The molecule has 0 aromatic heterocycles. The van der Waals surface area contributed by atoms with Gasteiger partial charge in [0.05, 0.1) is 18.8 Å². The molecule has 2 aromatic rings. The Kier molecular flexibility index (Phi) is 7.06. The number of nitrogens with zero attached hydrogens (tertiary/aromatic N) is 1. The number of ether oxygens (including phenoxy) is 2. The monoisotopic (exact) mass is 383 g/mol. The highest BCUT2D eigenvalue weighted by atomic mass is 16.5. The van der Waals surface area contributed by atoms with Crippen molar-refractivity contribution in [3.8, 4) is 5.75 Å². The van der Waals surface area contributed by atoms with Crippen LogP contribution in [0.1, 0.15) is 40.9 Å². The van der Waals surface area contributed by atoms with Gasteiger partial charge in [0, 0.05) is 26.1 Å². The van der Waals surface area contributed by atoms with Gasteiger partial charge in [0.1, 0.15) is 12.4 Å². The van der Waals surface area contributed by atoms with E-state index in [1.165, 1.54) is 5.56 Å². The minimum absolute atomic E-state index is 0.277. The van der Waals surface area contributed by atoms with Gasteiger partial charge in [0.25, 0.3) is 0 Å². The van der Waals surface area contributed by atoms with Crippen LogP contribution in [-0.2, 0) is 17.7 Å². The van der Waals surface area contributed by atoms with Crippen molar-refractivity contribution in [3.63, 3.8) is 0 Å². The molecule has 0 fully saturated rings. The Hall–Kier alpha value is -2.37. The molecule has 5 nitrogen and oxygen atoms in total. The molecule has 0 saturated heterocycles. The van der Waals surface area contributed by atoms with Crippen LogP contribution >= 0.6 is 0 Å².